The van der Waals surface area contributed by atoms with E-state index in [0.717, 1.165) is 4.47 Å². The summed E-state index contributed by atoms with van der Waals surface area (Å²) in [5.74, 6) is 0.542. The first-order valence-corrected chi connectivity index (χ1v) is 5.08. The molecule has 1 atom stereocenters. The Morgan fingerprint density at radius 1 is 1.64 bits per heavy atom. The molecule has 0 saturated carbocycles. The van der Waals surface area contributed by atoms with E-state index in [2.05, 4.69) is 22.0 Å². The molecule has 0 bridgehead atoms. The molecular weight excluding hydrogens is 244 g/mol. The molecule has 0 radical (unpaired) electrons. The summed E-state index contributed by atoms with van der Waals surface area (Å²) in [7, 11) is 0. The van der Waals surface area contributed by atoms with Crippen molar-refractivity contribution in [2.75, 3.05) is 5.73 Å². The van der Waals surface area contributed by atoms with Crippen LogP contribution in [0.3, 0.4) is 0 Å². The fraction of sp³-hybridized carbons (Fsp3) is 0.300. The molecule has 1 rings (SSSR count). The van der Waals surface area contributed by atoms with E-state index >= 15 is 0 Å². The number of hydrogen-bond donors (Lipinski definition) is 1. The van der Waals surface area contributed by atoms with E-state index in [1.54, 1.807) is 6.07 Å². The van der Waals surface area contributed by atoms with Gasteiger partial charge in [0.05, 0.1) is 10.2 Å². The van der Waals surface area contributed by atoms with Crippen molar-refractivity contribution in [3.05, 3.63) is 22.7 Å². The standard InChI is InChI=1S/C10H11BrN2O/c1-2-7(6-12)14-10-8(11)4-3-5-9(10)13/h3-5,7H,2,13H2,1H3. The number of nitrogens with two attached hydrogens (primary N) is 1. The summed E-state index contributed by atoms with van der Waals surface area (Å²) in [5, 5.41) is 8.74. The average Bonchev–Trinajstić information content (AvgIpc) is 2.18. The molecule has 74 valence electrons. The van der Waals surface area contributed by atoms with Crippen molar-refractivity contribution in [2.24, 2.45) is 0 Å². The Morgan fingerprint density at radius 3 is 2.86 bits per heavy atom. The maximum atomic E-state index is 8.74. The molecule has 0 saturated heterocycles. The fourth-order valence-corrected chi connectivity index (χ4v) is 1.47. The highest BCUT2D eigenvalue weighted by Crippen LogP contribution is 2.31. The van der Waals surface area contributed by atoms with Crippen molar-refractivity contribution in [3.8, 4) is 11.8 Å². The number of benzene rings is 1. The van der Waals surface area contributed by atoms with E-state index in [9.17, 15) is 0 Å². The summed E-state index contributed by atoms with van der Waals surface area (Å²) in [5.41, 5.74) is 6.25. The van der Waals surface area contributed by atoms with Crippen molar-refractivity contribution < 1.29 is 4.74 Å². The number of halogens is 1. The van der Waals surface area contributed by atoms with Gasteiger partial charge in [-0.05, 0) is 34.5 Å². The minimum absolute atomic E-state index is 0.448. The maximum Gasteiger partial charge on any atom is 0.184 e. The van der Waals surface area contributed by atoms with E-state index in [1.807, 2.05) is 19.1 Å². The molecule has 0 fully saturated rings. The number of para-hydroxylation sites is 1. The van der Waals surface area contributed by atoms with Crippen LogP contribution in [0.25, 0.3) is 0 Å². The molecule has 3 nitrogen and oxygen atoms in total. The van der Waals surface area contributed by atoms with Crippen LogP contribution in [-0.4, -0.2) is 6.10 Å². The number of nitrogen functional groups attached to an aromatic ring is 1. The van der Waals surface area contributed by atoms with E-state index in [0.29, 0.717) is 17.9 Å². The number of ether oxygens (including phenoxy) is 1. The molecule has 1 aromatic carbocycles. The number of nitrogens with zero attached hydrogens (tertiary/aromatic N) is 1. The van der Waals surface area contributed by atoms with E-state index in [4.69, 9.17) is 15.7 Å². The topological polar surface area (TPSA) is 59.0 Å². The van der Waals surface area contributed by atoms with E-state index in [-0.39, 0.29) is 0 Å². The van der Waals surface area contributed by atoms with Crippen molar-refractivity contribution in [2.45, 2.75) is 19.4 Å². The lowest BCUT2D eigenvalue weighted by molar-refractivity contribution is 0.252. The number of hydrogen-bond acceptors (Lipinski definition) is 3. The van der Waals surface area contributed by atoms with Crippen LogP contribution in [0.5, 0.6) is 5.75 Å². The lowest BCUT2D eigenvalue weighted by atomic mass is 10.2. The molecule has 4 heteroatoms. The van der Waals surface area contributed by atoms with Gasteiger partial charge in [0, 0.05) is 0 Å². The summed E-state index contributed by atoms with van der Waals surface area (Å²) in [4.78, 5) is 0. The molecule has 0 amide bonds. The first-order chi connectivity index (χ1) is 6.69. The van der Waals surface area contributed by atoms with Gasteiger partial charge in [0.25, 0.3) is 0 Å². The third kappa shape index (κ3) is 2.39. The Morgan fingerprint density at radius 2 is 2.36 bits per heavy atom. The SMILES string of the molecule is CCC(C#N)Oc1c(N)cccc1Br. The number of nitriles is 1. The maximum absolute atomic E-state index is 8.74. The predicted octanol–water partition coefficient (Wildman–Crippen LogP) is 2.71. The van der Waals surface area contributed by atoms with E-state index < -0.39 is 6.10 Å². The Balaban J connectivity index is 2.91. The van der Waals surface area contributed by atoms with Crippen molar-refractivity contribution in [1.29, 1.82) is 5.26 Å². The van der Waals surface area contributed by atoms with Crippen LogP contribution in [0.4, 0.5) is 5.69 Å². The molecule has 0 heterocycles. The predicted molar refractivity (Wildman–Crippen MR) is 58.9 cm³/mol. The van der Waals surface area contributed by atoms with Gasteiger partial charge >= 0.3 is 0 Å². The lowest BCUT2D eigenvalue weighted by Crippen LogP contribution is -2.13. The second-order valence-electron chi connectivity index (χ2n) is 2.80. The van der Waals surface area contributed by atoms with Crippen LogP contribution in [0.2, 0.25) is 0 Å². The smallest absolute Gasteiger partial charge is 0.184 e. The summed E-state index contributed by atoms with van der Waals surface area (Å²) >= 11 is 3.32. The monoisotopic (exact) mass is 254 g/mol. The highest BCUT2D eigenvalue weighted by molar-refractivity contribution is 9.10. The largest absolute Gasteiger partial charge is 0.472 e. The van der Waals surface area contributed by atoms with Crippen LogP contribution in [0.15, 0.2) is 22.7 Å². The van der Waals surface area contributed by atoms with Gasteiger partial charge in [-0.2, -0.15) is 5.26 Å². The van der Waals surface area contributed by atoms with Gasteiger partial charge in [-0.3, -0.25) is 0 Å². The zero-order valence-electron chi connectivity index (χ0n) is 7.83. The molecule has 0 aliphatic heterocycles. The molecule has 2 N–H and O–H groups in total. The van der Waals surface area contributed by atoms with Crippen LogP contribution < -0.4 is 10.5 Å². The molecular formula is C10H11BrN2O. The average molecular weight is 255 g/mol. The zero-order chi connectivity index (χ0) is 10.6. The lowest BCUT2D eigenvalue weighted by Gasteiger charge is -2.13. The highest BCUT2D eigenvalue weighted by Gasteiger charge is 2.11. The number of anilines is 1. The Hall–Kier alpha value is -1.21. The van der Waals surface area contributed by atoms with Crippen molar-refractivity contribution in [1.82, 2.24) is 0 Å². The molecule has 0 aromatic heterocycles. The Kier molecular flexibility index (Phi) is 3.78. The number of rotatable bonds is 3. The quantitative estimate of drug-likeness (QED) is 0.844. The molecule has 0 spiro atoms. The summed E-state index contributed by atoms with van der Waals surface area (Å²) in [6, 6.07) is 7.44. The van der Waals surface area contributed by atoms with Gasteiger partial charge in [0.2, 0.25) is 0 Å². The van der Waals surface area contributed by atoms with Crippen LogP contribution in [0.1, 0.15) is 13.3 Å². The minimum atomic E-state index is -0.448. The highest BCUT2D eigenvalue weighted by atomic mass is 79.9. The molecule has 0 aliphatic rings. The van der Waals surface area contributed by atoms with Gasteiger partial charge in [-0.15, -0.1) is 0 Å². The third-order valence-corrected chi connectivity index (χ3v) is 2.40. The fourth-order valence-electron chi connectivity index (χ4n) is 0.993. The van der Waals surface area contributed by atoms with Gasteiger partial charge < -0.3 is 10.5 Å². The van der Waals surface area contributed by atoms with Crippen molar-refractivity contribution >= 4 is 21.6 Å². The second kappa shape index (κ2) is 4.87. The Labute approximate surface area is 91.6 Å². The first-order valence-electron chi connectivity index (χ1n) is 4.29. The van der Waals surface area contributed by atoms with Crippen molar-refractivity contribution in [3.63, 3.8) is 0 Å². The van der Waals surface area contributed by atoms with Gasteiger partial charge in [-0.1, -0.05) is 13.0 Å². The van der Waals surface area contributed by atoms with Crippen LogP contribution >= 0.6 is 15.9 Å². The summed E-state index contributed by atoms with van der Waals surface area (Å²) in [6.07, 6.45) is 0.188. The molecule has 1 aromatic rings. The normalized spacial score (nSPS) is 11.8. The van der Waals surface area contributed by atoms with Crippen LogP contribution in [-0.2, 0) is 0 Å². The van der Waals surface area contributed by atoms with Crippen LogP contribution in [0, 0.1) is 11.3 Å². The van der Waals surface area contributed by atoms with E-state index in [1.165, 1.54) is 0 Å². The molecule has 14 heavy (non-hydrogen) atoms. The Bertz CT molecular complexity index is 339. The minimum Gasteiger partial charge on any atom is -0.472 e. The van der Waals surface area contributed by atoms with Gasteiger partial charge in [0.15, 0.2) is 11.9 Å². The summed E-state index contributed by atoms with van der Waals surface area (Å²) < 4.78 is 6.21. The molecule has 1 unspecified atom stereocenters. The zero-order valence-corrected chi connectivity index (χ0v) is 9.41. The summed E-state index contributed by atoms with van der Waals surface area (Å²) in [6.45, 7) is 1.89. The van der Waals surface area contributed by atoms with Gasteiger partial charge in [0.1, 0.15) is 6.07 Å². The second-order valence-corrected chi connectivity index (χ2v) is 3.66. The molecule has 0 aliphatic carbocycles. The first kappa shape index (κ1) is 10.9. The van der Waals surface area contributed by atoms with Gasteiger partial charge in [-0.25, -0.2) is 0 Å². The third-order valence-electron chi connectivity index (χ3n) is 1.77.